The molecule has 1 rings (SSSR count). The van der Waals surface area contributed by atoms with Gasteiger partial charge in [0.25, 0.3) is 0 Å². The van der Waals surface area contributed by atoms with Gasteiger partial charge < -0.3 is 10.1 Å². The highest BCUT2D eigenvalue weighted by molar-refractivity contribution is 5.42. The zero-order valence-electron chi connectivity index (χ0n) is 11.3. The number of para-hydroxylation sites is 1. The molecule has 1 atom stereocenters. The number of rotatable bonds is 8. The molecule has 96 valence electrons. The molecule has 1 aromatic carbocycles. The van der Waals surface area contributed by atoms with E-state index in [1.807, 2.05) is 18.2 Å². The van der Waals surface area contributed by atoms with E-state index in [9.17, 15) is 0 Å². The first-order chi connectivity index (χ1) is 8.18. The molecule has 0 aliphatic carbocycles. The van der Waals surface area contributed by atoms with Crippen LogP contribution < -0.4 is 5.32 Å². The smallest absolute Gasteiger partial charge is 0.0719 e. The van der Waals surface area contributed by atoms with Crippen molar-refractivity contribution >= 4 is 5.69 Å². The van der Waals surface area contributed by atoms with Gasteiger partial charge in [-0.15, -0.1) is 0 Å². The molecule has 0 heterocycles. The van der Waals surface area contributed by atoms with E-state index in [4.69, 9.17) is 4.74 Å². The third-order valence-electron chi connectivity index (χ3n) is 2.70. The van der Waals surface area contributed by atoms with Gasteiger partial charge in [0.1, 0.15) is 0 Å². The molecular weight excluding hydrogens is 210 g/mol. The van der Waals surface area contributed by atoms with Crippen molar-refractivity contribution in [1.82, 2.24) is 0 Å². The van der Waals surface area contributed by atoms with E-state index in [-0.39, 0.29) is 6.10 Å². The topological polar surface area (TPSA) is 21.3 Å². The molecule has 2 nitrogen and oxygen atoms in total. The molecule has 0 saturated heterocycles. The van der Waals surface area contributed by atoms with Gasteiger partial charge in [-0.1, -0.05) is 32.0 Å². The maximum atomic E-state index is 5.75. The Hall–Kier alpha value is -1.02. The van der Waals surface area contributed by atoms with Gasteiger partial charge in [0.15, 0.2) is 0 Å². The maximum Gasteiger partial charge on any atom is 0.0719 e. The lowest BCUT2D eigenvalue weighted by atomic mass is 10.1. The molecule has 17 heavy (non-hydrogen) atoms. The van der Waals surface area contributed by atoms with Gasteiger partial charge in [0.05, 0.1) is 6.10 Å². The van der Waals surface area contributed by atoms with E-state index in [0.29, 0.717) is 0 Å². The fourth-order valence-corrected chi connectivity index (χ4v) is 1.65. The standard InChI is InChI=1S/C15H25NO/c1-13(2)8-7-11-17-14(3)12-16-15-9-5-4-6-10-15/h4-6,9-10,13-14,16H,7-8,11-12H2,1-3H3. The quantitative estimate of drug-likeness (QED) is 0.689. The summed E-state index contributed by atoms with van der Waals surface area (Å²) in [5.41, 5.74) is 1.16. The minimum absolute atomic E-state index is 0.266. The van der Waals surface area contributed by atoms with Gasteiger partial charge in [0.2, 0.25) is 0 Å². The molecule has 0 fully saturated rings. The predicted octanol–water partition coefficient (Wildman–Crippen LogP) is 3.94. The highest BCUT2D eigenvalue weighted by Gasteiger charge is 2.02. The van der Waals surface area contributed by atoms with Crippen LogP contribution in [0.3, 0.4) is 0 Å². The van der Waals surface area contributed by atoms with E-state index >= 15 is 0 Å². The van der Waals surface area contributed by atoms with Gasteiger partial charge in [0, 0.05) is 18.8 Å². The van der Waals surface area contributed by atoms with Crippen LogP contribution in [0.2, 0.25) is 0 Å². The first-order valence-electron chi connectivity index (χ1n) is 6.59. The van der Waals surface area contributed by atoms with Crippen LogP contribution in [0.15, 0.2) is 30.3 Å². The normalized spacial score (nSPS) is 12.7. The van der Waals surface area contributed by atoms with Crippen LogP contribution in [0, 0.1) is 5.92 Å². The Kier molecular flexibility index (Phi) is 6.71. The molecule has 0 spiro atoms. The van der Waals surface area contributed by atoms with Crippen molar-refractivity contribution in [2.45, 2.75) is 39.7 Å². The SMILES string of the molecule is CC(C)CCCOC(C)CNc1ccccc1. The molecule has 2 heteroatoms. The Morgan fingerprint density at radius 1 is 1.12 bits per heavy atom. The first kappa shape index (κ1) is 14.0. The van der Waals surface area contributed by atoms with Crippen molar-refractivity contribution in [3.8, 4) is 0 Å². The number of ether oxygens (including phenoxy) is 1. The first-order valence-corrected chi connectivity index (χ1v) is 6.59. The monoisotopic (exact) mass is 235 g/mol. The summed E-state index contributed by atoms with van der Waals surface area (Å²) in [4.78, 5) is 0. The Morgan fingerprint density at radius 3 is 2.47 bits per heavy atom. The summed E-state index contributed by atoms with van der Waals surface area (Å²) in [5, 5.41) is 3.37. The van der Waals surface area contributed by atoms with Crippen molar-refractivity contribution < 1.29 is 4.74 Å². The summed E-state index contributed by atoms with van der Waals surface area (Å²) >= 11 is 0. The molecule has 0 radical (unpaired) electrons. The Balaban J connectivity index is 2.07. The second-order valence-corrected chi connectivity index (χ2v) is 4.96. The lowest BCUT2D eigenvalue weighted by molar-refractivity contribution is 0.0703. The lowest BCUT2D eigenvalue weighted by Crippen LogP contribution is -2.20. The van der Waals surface area contributed by atoms with E-state index in [0.717, 1.165) is 31.2 Å². The number of anilines is 1. The lowest BCUT2D eigenvalue weighted by Gasteiger charge is -2.15. The Morgan fingerprint density at radius 2 is 1.82 bits per heavy atom. The molecule has 0 amide bonds. The summed E-state index contributed by atoms with van der Waals surface area (Å²) in [6.45, 7) is 8.35. The summed E-state index contributed by atoms with van der Waals surface area (Å²) in [6.07, 6.45) is 2.67. The molecule has 0 bridgehead atoms. The number of nitrogens with one attached hydrogen (secondary N) is 1. The van der Waals surface area contributed by atoms with Crippen LogP contribution in [0.5, 0.6) is 0 Å². The molecule has 0 saturated carbocycles. The van der Waals surface area contributed by atoms with Crippen molar-refractivity contribution in [3.05, 3.63) is 30.3 Å². The molecule has 1 N–H and O–H groups in total. The zero-order valence-corrected chi connectivity index (χ0v) is 11.3. The van der Waals surface area contributed by atoms with Crippen LogP contribution in [-0.2, 0) is 4.74 Å². The van der Waals surface area contributed by atoms with Gasteiger partial charge in [-0.05, 0) is 37.8 Å². The van der Waals surface area contributed by atoms with Gasteiger partial charge in [-0.25, -0.2) is 0 Å². The van der Waals surface area contributed by atoms with Gasteiger partial charge in [-0.2, -0.15) is 0 Å². The minimum Gasteiger partial charge on any atom is -0.382 e. The maximum absolute atomic E-state index is 5.75. The van der Waals surface area contributed by atoms with Gasteiger partial charge >= 0.3 is 0 Å². The molecule has 0 aliphatic heterocycles. The third kappa shape index (κ3) is 7.01. The zero-order chi connectivity index (χ0) is 12.5. The number of hydrogen-bond acceptors (Lipinski definition) is 2. The van der Waals surface area contributed by atoms with Crippen LogP contribution in [-0.4, -0.2) is 19.3 Å². The van der Waals surface area contributed by atoms with Crippen LogP contribution >= 0.6 is 0 Å². The minimum atomic E-state index is 0.266. The molecule has 1 aromatic rings. The largest absolute Gasteiger partial charge is 0.382 e. The van der Waals surface area contributed by atoms with Crippen LogP contribution in [0.1, 0.15) is 33.6 Å². The fraction of sp³-hybridized carbons (Fsp3) is 0.600. The molecule has 0 aliphatic rings. The average molecular weight is 235 g/mol. The summed E-state index contributed by atoms with van der Waals surface area (Å²) in [7, 11) is 0. The molecular formula is C15H25NO. The summed E-state index contributed by atoms with van der Waals surface area (Å²) in [5.74, 6) is 0.774. The molecule has 1 unspecified atom stereocenters. The van der Waals surface area contributed by atoms with E-state index in [2.05, 4.69) is 38.2 Å². The summed E-state index contributed by atoms with van der Waals surface area (Å²) < 4.78 is 5.75. The van der Waals surface area contributed by atoms with Crippen molar-refractivity contribution in [1.29, 1.82) is 0 Å². The molecule has 0 aromatic heterocycles. The second-order valence-electron chi connectivity index (χ2n) is 4.96. The van der Waals surface area contributed by atoms with E-state index in [1.54, 1.807) is 0 Å². The van der Waals surface area contributed by atoms with Crippen molar-refractivity contribution in [2.24, 2.45) is 5.92 Å². The number of benzene rings is 1. The van der Waals surface area contributed by atoms with Crippen molar-refractivity contribution in [2.75, 3.05) is 18.5 Å². The Labute approximate surface area is 105 Å². The van der Waals surface area contributed by atoms with Gasteiger partial charge in [-0.3, -0.25) is 0 Å². The van der Waals surface area contributed by atoms with Crippen LogP contribution in [0.25, 0.3) is 0 Å². The second kappa shape index (κ2) is 8.13. The number of hydrogen-bond donors (Lipinski definition) is 1. The van der Waals surface area contributed by atoms with Crippen molar-refractivity contribution in [3.63, 3.8) is 0 Å². The fourth-order valence-electron chi connectivity index (χ4n) is 1.65. The highest BCUT2D eigenvalue weighted by atomic mass is 16.5. The summed E-state index contributed by atoms with van der Waals surface area (Å²) in [6, 6.07) is 10.3. The van der Waals surface area contributed by atoms with Crippen LogP contribution in [0.4, 0.5) is 5.69 Å². The average Bonchev–Trinajstić information content (AvgIpc) is 2.33. The predicted molar refractivity (Wildman–Crippen MR) is 74.4 cm³/mol. The van der Waals surface area contributed by atoms with E-state index < -0.39 is 0 Å². The third-order valence-corrected chi connectivity index (χ3v) is 2.70. The van der Waals surface area contributed by atoms with E-state index in [1.165, 1.54) is 6.42 Å². The Bertz CT molecular complexity index is 284. The highest BCUT2D eigenvalue weighted by Crippen LogP contribution is 2.07.